The molecule has 5 heteroatoms. The Kier molecular flexibility index (Phi) is 3.68. The maximum absolute atomic E-state index is 14.1. The van der Waals surface area contributed by atoms with E-state index in [0.717, 1.165) is 5.56 Å². The van der Waals surface area contributed by atoms with Crippen LogP contribution in [-0.2, 0) is 6.54 Å². The number of aryl methyl sites for hydroxylation is 1. The number of hydrogen-bond acceptors (Lipinski definition) is 3. The van der Waals surface area contributed by atoms with Gasteiger partial charge in [-0.05, 0) is 18.1 Å². The minimum absolute atomic E-state index is 0.0161. The number of aromatic nitrogens is 2. The van der Waals surface area contributed by atoms with Crippen molar-refractivity contribution in [2.75, 3.05) is 6.61 Å². The second-order valence-corrected chi connectivity index (χ2v) is 5.64. The smallest absolute Gasteiger partial charge is 0.216 e. The zero-order valence-corrected chi connectivity index (χ0v) is 12.2. The molecule has 3 rings (SSSR count). The Labute approximate surface area is 123 Å². The third-order valence-corrected chi connectivity index (χ3v) is 3.79. The highest BCUT2D eigenvalue weighted by Crippen LogP contribution is 2.39. The number of hydrogen-bond donors (Lipinski definition) is 1. The third-order valence-electron chi connectivity index (χ3n) is 3.79. The molecule has 1 aliphatic heterocycles. The zero-order valence-electron chi connectivity index (χ0n) is 12.2. The van der Waals surface area contributed by atoms with Crippen molar-refractivity contribution in [2.45, 2.75) is 38.8 Å². The van der Waals surface area contributed by atoms with Gasteiger partial charge < -0.3 is 9.84 Å². The molecule has 4 nitrogen and oxygen atoms in total. The molecule has 0 unspecified atom stereocenters. The summed E-state index contributed by atoms with van der Waals surface area (Å²) in [5.41, 5.74) is 2.03. The van der Waals surface area contributed by atoms with Crippen LogP contribution in [0.15, 0.2) is 24.3 Å². The van der Waals surface area contributed by atoms with Crippen molar-refractivity contribution in [1.82, 2.24) is 9.78 Å². The van der Waals surface area contributed by atoms with Gasteiger partial charge in [0.1, 0.15) is 17.6 Å². The van der Waals surface area contributed by atoms with Gasteiger partial charge in [-0.1, -0.05) is 26.0 Å². The summed E-state index contributed by atoms with van der Waals surface area (Å²) in [7, 11) is 0. The number of benzene rings is 1. The first kappa shape index (κ1) is 14.1. The minimum Gasteiger partial charge on any atom is -0.472 e. The molecule has 0 radical (unpaired) electrons. The second-order valence-electron chi connectivity index (χ2n) is 5.64. The van der Waals surface area contributed by atoms with Gasteiger partial charge in [-0.2, -0.15) is 5.10 Å². The number of fused-ring (bicyclic) bond motifs is 1. The number of aliphatic hydroxyl groups excluding tert-OH is 1. The SMILES string of the molecule is CC(C)c1c(-c2ccccc2F)nn2c1O[C@@H](CO)CC2. The van der Waals surface area contributed by atoms with E-state index in [4.69, 9.17) is 4.74 Å². The maximum Gasteiger partial charge on any atom is 0.216 e. The Bertz CT molecular complexity index is 652. The van der Waals surface area contributed by atoms with Crippen LogP contribution in [0.2, 0.25) is 0 Å². The fourth-order valence-electron chi connectivity index (χ4n) is 2.72. The molecule has 1 N–H and O–H groups in total. The van der Waals surface area contributed by atoms with Crippen molar-refractivity contribution >= 4 is 0 Å². The molecule has 1 aromatic heterocycles. The van der Waals surface area contributed by atoms with Gasteiger partial charge in [-0.3, -0.25) is 0 Å². The monoisotopic (exact) mass is 290 g/mol. The van der Waals surface area contributed by atoms with E-state index in [1.807, 2.05) is 13.8 Å². The quantitative estimate of drug-likeness (QED) is 0.945. The molecule has 1 aromatic carbocycles. The van der Waals surface area contributed by atoms with E-state index < -0.39 is 0 Å². The van der Waals surface area contributed by atoms with Crippen LogP contribution in [-0.4, -0.2) is 27.6 Å². The first-order chi connectivity index (χ1) is 10.1. The average molecular weight is 290 g/mol. The average Bonchev–Trinajstić information content (AvgIpc) is 2.85. The summed E-state index contributed by atoms with van der Waals surface area (Å²) in [6.07, 6.45) is 0.500. The van der Waals surface area contributed by atoms with Crippen LogP contribution >= 0.6 is 0 Å². The summed E-state index contributed by atoms with van der Waals surface area (Å²) in [6, 6.07) is 6.65. The van der Waals surface area contributed by atoms with E-state index >= 15 is 0 Å². The zero-order chi connectivity index (χ0) is 15.0. The number of ether oxygens (including phenoxy) is 1. The highest BCUT2D eigenvalue weighted by molar-refractivity contribution is 5.67. The summed E-state index contributed by atoms with van der Waals surface area (Å²) in [5.74, 6) is 0.530. The normalized spacial score (nSPS) is 17.7. The Balaban J connectivity index is 2.14. The molecule has 2 heterocycles. The molecular weight excluding hydrogens is 271 g/mol. The summed E-state index contributed by atoms with van der Waals surface area (Å²) < 4.78 is 21.7. The lowest BCUT2D eigenvalue weighted by molar-refractivity contribution is 0.0721. The summed E-state index contributed by atoms with van der Waals surface area (Å²) in [6.45, 7) is 4.73. The van der Waals surface area contributed by atoms with Gasteiger partial charge in [-0.15, -0.1) is 0 Å². The van der Waals surface area contributed by atoms with E-state index in [9.17, 15) is 9.50 Å². The number of nitrogens with zero attached hydrogens (tertiary/aromatic N) is 2. The summed E-state index contributed by atoms with van der Waals surface area (Å²) in [4.78, 5) is 0. The van der Waals surface area contributed by atoms with Gasteiger partial charge in [0.25, 0.3) is 0 Å². The Morgan fingerprint density at radius 1 is 1.43 bits per heavy atom. The van der Waals surface area contributed by atoms with Gasteiger partial charge >= 0.3 is 0 Å². The van der Waals surface area contributed by atoms with E-state index in [-0.39, 0.29) is 24.4 Å². The second kappa shape index (κ2) is 5.48. The van der Waals surface area contributed by atoms with Crippen LogP contribution < -0.4 is 4.74 Å². The molecule has 1 atom stereocenters. The summed E-state index contributed by atoms with van der Waals surface area (Å²) in [5, 5.41) is 13.8. The molecule has 0 bridgehead atoms. The highest BCUT2D eigenvalue weighted by atomic mass is 19.1. The van der Waals surface area contributed by atoms with Crippen molar-refractivity contribution in [2.24, 2.45) is 0 Å². The van der Waals surface area contributed by atoms with Gasteiger partial charge in [0.15, 0.2) is 0 Å². The Morgan fingerprint density at radius 2 is 2.19 bits per heavy atom. The molecule has 0 spiro atoms. The lowest BCUT2D eigenvalue weighted by atomic mass is 9.98. The molecule has 0 fully saturated rings. The highest BCUT2D eigenvalue weighted by Gasteiger charge is 2.29. The standard InChI is InChI=1S/C16H19FN2O2/c1-10(2)14-15(12-5-3-4-6-13(12)17)18-19-8-7-11(9-20)21-16(14)19/h3-6,10-11,20H,7-9H2,1-2H3/t11-/m1/s1. The number of aliphatic hydroxyl groups is 1. The fraction of sp³-hybridized carbons (Fsp3) is 0.438. The summed E-state index contributed by atoms with van der Waals surface area (Å²) >= 11 is 0. The van der Waals surface area contributed by atoms with E-state index in [1.54, 1.807) is 22.9 Å². The number of halogens is 1. The van der Waals surface area contributed by atoms with Crippen molar-refractivity contribution in [1.29, 1.82) is 0 Å². The van der Waals surface area contributed by atoms with E-state index in [0.29, 0.717) is 30.1 Å². The molecule has 2 aromatic rings. The molecule has 0 aliphatic carbocycles. The predicted octanol–water partition coefficient (Wildman–Crippen LogP) is 2.96. The Morgan fingerprint density at radius 3 is 2.86 bits per heavy atom. The first-order valence-corrected chi connectivity index (χ1v) is 7.25. The molecule has 1 aliphatic rings. The molecule has 0 amide bonds. The van der Waals surface area contributed by atoms with Crippen molar-refractivity contribution in [3.05, 3.63) is 35.6 Å². The molecule has 112 valence electrons. The Hall–Kier alpha value is -1.88. The maximum atomic E-state index is 14.1. The van der Waals surface area contributed by atoms with Crippen LogP contribution in [0, 0.1) is 5.82 Å². The van der Waals surface area contributed by atoms with E-state index in [1.165, 1.54) is 6.07 Å². The van der Waals surface area contributed by atoms with Crippen molar-refractivity contribution < 1.29 is 14.2 Å². The van der Waals surface area contributed by atoms with Crippen molar-refractivity contribution in [3.63, 3.8) is 0 Å². The molecule has 21 heavy (non-hydrogen) atoms. The van der Waals surface area contributed by atoms with Gasteiger partial charge in [0.05, 0.1) is 6.61 Å². The van der Waals surface area contributed by atoms with Crippen LogP contribution in [0.4, 0.5) is 4.39 Å². The van der Waals surface area contributed by atoms with Crippen molar-refractivity contribution in [3.8, 4) is 17.1 Å². The third kappa shape index (κ3) is 2.42. The minimum atomic E-state index is -0.284. The number of rotatable bonds is 3. The molecular formula is C16H19FN2O2. The van der Waals surface area contributed by atoms with Crippen LogP contribution in [0.25, 0.3) is 11.3 Å². The van der Waals surface area contributed by atoms with Gasteiger partial charge in [0.2, 0.25) is 5.88 Å². The lowest BCUT2D eigenvalue weighted by Gasteiger charge is -2.24. The largest absolute Gasteiger partial charge is 0.472 e. The van der Waals surface area contributed by atoms with Crippen LogP contribution in [0.1, 0.15) is 31.7 Å². The first-order valence-electron chi connectivity index (χ1n) is 7.25. The lowest BCUT2D eigenvalue weighted by Crippen LogP contribution is -2.29. The molecule has 0 saturated carbocycles. The van der Waals surface area contributed by atoms with E-state index in [2.05, 4.69) is 5.10 Å². The van der Waals surface area contributed by atoms with Gasteiger partial charge in [0, 0.05) is 24.1 Å². The topological polar surface area (TPSA) is 47.3 Å². The van der Waals surface area contributed by atoms with Crippen LogP contribution in [0.3, 0.4) is 0 Å². The fourth-order valence-corrected chi connectivity index (χ4v) is 2.72. The van der Waals surface area contributed by atoms with Crippen LogP contribution in [0.5, 0.6) is 5.88 Å². The van der Waals surface area contributed by atoms with Gasteiger partial charge in [-0.25, -0.2) is 9.07 Å². The molecule has 0 saturated heterocycles. The predicted molar refractivity (Wildman–Crippen MR) is 77.8 cm³/mol.